The zero-order chi connectivity index (χ0) is 11.0. The zero-order valence-corrected chi connectivity index (χ0v) is 10.7. The Bertz CT molecular complexity index is 505. The number of rotatable bonds is 1. The maximum absolute atomic E-state index is 5.66. The van der Waals surface area contributed by atoms with E-state index in [-0.39, 0.29) is 0 Å². The van der Waals surface area contributed by atoms with Crippen molar-refractivity contribution in [2.75, 3.05) is 5.73 Å². The summed E-state index contributed by atoms with van der Waals surface area (Å²) in [5.41, 5.74) is 8.84. The zero-order valence-electron chi connectivity index (χ0n) is 8.54. The second-order valence-electron chi connectivity index (χ2n) is 3.46. The SMILES string of the molecule is Cc1cccc(-c2onc(N)c2C)c1I. The van der Waals surface area contributed by atoms with Gasteiger partial charge >= 0.3 is 0 Å². The average molecular weight is 314 g/mol. The lowest BCUT2D eigenvalue weighted by atomic mass is 10.1. The van der Waals surface area contributed by atoms with Crippen molar-refractivity contribution in [3.05, 3.63) is 32.9 Å². The number of aryl methyl sites for hydroxylation is 1. The van der Waals surface area contributed by atoms with Crippen molar-refractivity contribution in [1.29, 1.82) is 0 Å². The summed E-state index contributed by atoms with van der Waals surface area (Å²) in [6.07, 6.45) is 0. The Morgan fingerprint density at radius 1 is 1.33 bits per heavy atom. The normalized spacial score (nSPS) is 10.6. The van der Waals surface area contributed by atoms with Crippen molar-refractivity contribution in [1.82, 2.24) is 5.16 Å². The summed E-state index contributed by atoms with van der Waals surface area (Å²) in [4.78, 5) is 0. The summed E-state index contributed by atoms with van der Waals surface area (Å²) >= 11 is 2.31. The summed E-state index contributed by atoms with van der Waals surface area (Å²) in [6.45, 7) is 3.99. The van der Waals surface area contributed by atoms with Crippen molar-refractivity contribution >= 4 is 28.4 Å². The van der Waals surface area contributed by atoms with Crippen LogP contribution in [0.3, 0.4) is 0 Å². The van der Waals surface area contributed by atoms with Gasteiger partial charge < -0.3 is 10.3 Å². The Balaban J connectivity index is 2.64. The van der Waals surface area contributed by atoms with Crippen LogP contribution in [0.25, 0.3) is 11.3 Å². The summed E-state index contributed by atoms with van der Waals surface area (Å²) in [5, 5.41) is 3.76. The van der Waals surface area contributed by atoms with Crippen LogP contribution < -0.4 is 5.73 Å². The molecule has 0 saturated heterocycles. The minimum absolute atomic E-state index is 0.460. The van der Waals surface area contributed by atoms with Gasteiger partial charge in [-0.3, -0.25) is 0 Å². The molecule has 0 saturated carbocycles. The number of halogens is 1. The van der Waals surface area contributed by atoms with Crippen molar-refractivity contribution in [2.45, 2.75) is 13.8 Å². The Hall–Kier alpha value is -1.04. The molecule has 0 aliphatic carbocycles. The van der Waals surface area contributed by atoms with Crippen molar-refractivity contribution < 1.29 is 4.52 Å². The first-order valence-electron chi connectivity index (χ1n) is 4.58. The van der Waals surface area contributed by atoms with E-state index >= 15 is 0 Å². The van der Waals surface area contributed by atoms with E-state index in [2.05, 4.69) is 40.7 Å². The summed E-state index contributed by atoms with van der Waals surface area (Å²) in [7, 11) is 0. The molecular formula is C11H11IN2O. The molecule has 0 bridgehead atoms. The van der Waals surface area contributed by atoms with Crippen LogP contribution in [0, 0.1) is 17.4 Å². The van der Waals surface area contributed by atoms with Gasteiger partial charge in [-0.15, -0.1) is 0 Å². The predicted molar refractivity (Wildman–Crippen MR) is 68.5 cm³/mol. The fourth-order valence-corrected chi connectivity index (χ4v) is 2.03. The highest BCUT2D eigenvalue weighted by Gasteiger charge is 2.14. The van der Waals surface area contributed by atoms with Gasteiger partial charge in [0.25, 0.3) is 0 Å². The van der Waals surface area contributed by atoms with E-state index in [9.17, 15) is 0 Å². The van der Waals surface area contributed by atoms with Crippen LogP contribution in [-0.4, -0.2) is 5.16 Å². The molecule has 0 aliphatic rings. The molecule has 0 amide bonds. The molecule has 15 heavy (non-hydrogen) atoms. The van der Waals surface area contributed by atoms with Crippen LogP contribution >= 0.6 is 22.6 Å². The molecule has 0 spiro atoms. The minimum atomic E-state index is 0.460. The second-order valence-corrected chi connectivity index (χ2v) is 4.54. The van der Waals surface area contributed by atoms with Crippen LogP contribution in [0.5, 0.6) is 0 Å². The molecule has 2 N–H and O–H groups in total. The van der Waals surface area contributed by atoms with E-state index in [0.29, 0.717) is 5.82 Å². The monoisotopic (exact) mass is 314 g/mol. The number of nitrogens with zero attached hydrogens (tertiary/aromatic N) is 1. The molecule has 0 aliphatic heterocycles. The number of nitrogens with two attached hydrogens (primary N) is 1. The van der Waals surface area contributed by atoms with Gasteiger partial charge in [0.15, 0.2) is 11.6 Å². The minimum Gasteiger partial charge on any atom is -0.381 e. The highest BCUT2D eigenvalue weighted by molar-refractivity contribution is 14.1. The van der Waals surface area contributed by atoms with E-state index in [1.54, 1.807) is 0 Å². The Labute approximate surface area is 102 Å². The summed E-state index contributed by atoms with van der Waals surface area (Å²) in [5.74, 6) is 1.22. The Morgan fingerprint density at radius 2 is 2.07 bits per heavy atom. The fraction of sp³-hybridized carbons (Fsp3) is 0.182. The van der Waals surface area contributed by atoms with Gasteiger partial charge in [0, 0.05) is 14.7 Å². The molecule has 4 heteroatoms. The number of aromatic nitrogens is 1. The van der Waals surface area contributed by atoms with Gasteiger partial charge in [-0.1, -0.05) is 23.4 Å². The lowest BCUT2D eigenvalue weighted by Gasteiger charge is -2.04. The van der Waals surface area contributed by atoms with E-state index < -0.39 is 0 Å². The Morgan fingerprint density at radius 3 is 2.67 bits per heavy atom. The lowest BCUT2D eigenvalue weighted by molar-refractivity contribution is 0.435. The maximum atomic E-state index is 5.66. The van der Waals surface area contributed by atoms with Crippen LogP contribution in [0.15, 0.2) is 22.7 Å². The highest BCUT2D eigenvalue weighted by Crippen LogP contribution is 2.31. The third kappa shape index (κ3) is 1.73. The van der Waals surface area contributed by atoms with Crippen molar-refractivity contribution in [3.63, 3.8) is 0 Å². The van der Waals surface area contributed by atoms with Crippen LogP contribution in [0.2, 0.25) is 0 Å². The standard InChI is InChI=1S/C11H11IN2O/c1-6-4-3-5-8(9(6)12)10-7(2)11(13)14-15-10/h3-5H,1-2H3,(H2,13,14). The smallest absolute Gasteiger partial charge is 0.173 e. The first-order chi connectivity index (χ1) is 7.11. The molecular weight excluding hydrogens is 303 g/mol. The predicted octanol–water partition coefficient (Wildman–Crippen LogP) is 3.15. The molecule has 1 aromatic heterocycles. The van der Waals surface area contributed by atoms with E-state index in [0.717, 1.165) is 16.9 Å². The number of hydrogen-bond donors (Lipinski definition) is 1. The molecule has 0 atom stereocenters. The molecule has 0 radical (unpaired) electrons. The molecule has 3 nitrogen and oxygen atoms in total. The van der Waals surface area contributed by atoms with Crippen molar-refractivity contribution in [3.8, 4) is 11.3 Å². The number of hydrogen-bond acceptors (Lipinski definition) is 3. The van der Waals surface area contributed by atoms with E-state index in [1.807, 2.05) is 19.1 Å². The summed E-state index contributed by atoms with van der Waals surface area (Å²) in [6, 6.07) is 6.09. The average Bonchev–Trinajstić information content (AvgIpc) is 2.53. The van der Waals surface area contributed by atoms with Crippen LogP contribution in [-0.2, 0) is 0 Å². The van der Waals surface area contributed by atoms with Gasteiger partial charge in [0.05, 0.1) is 0 Å². The second kappa shape index (κ2) is 3.84. The maximum Gasteiger partial charge on any atom is 0.173 e. The summed E-state index contributed by atoms with van der Waals surface area (Å²) < 4.78 is 6.41. The molecule has 2 aromatic rings. The third-order valence-corrected chi connectivity index (χ3v) is 3.83. The lowest BCUT2D eigenvalue weighted by Crippen LogP contribution is -1.89. The molecule has 0 fully saturated rings. The largest absolute Gasteiger partial charge is 0.381 e. The van der Waals surface area contributed by atoms with E-state index in [4.69, 9.17) is 10.3 Å². The van der Waals surface area contributed by atoms with Gasteiger partial charge in [0.1, 0.15) is 0 Å². The van der Waals surface area contributed by atoms with E-state index in [1.165, 1.54) is 9.13 Å². The molecule has 2 rings (SSSR count). The Kier molecular flexibility index (Phi) is 2.68. The molecule has 0 unspecified atom stereocenters. The first-order valence-corrected chi connectivity index (χ1v) is 5.66. The fourth-order valence-electron chi connectivity index (χ4n) is 1.42. The van der Waals surface area contributed by atoms with Gasteiger partial charge in [-0.25, -0.2) is 0 Å². The van der Waals surface area contributed by atoms with Gasteiger partial charge in [-0.2, -0.15) is 0 Å². The third-order valence-electron chi connectivity index (χ3n) is 2.40. The quantitative estimate of drug-likeness (QED) is 0.823. The molecule has 1 aromatic carbocycles. The molecule has 1 heterocycles. The van der Waals surface area contributed by atoms with Crippen LogP contribution in [0.4, 0.5) is 5.82 Å². The number of anilines is 1. The first kappa shape index (κ1) is 10.5. The van der Waals surface area contributed by atoms with Crippen LogP contribution in [0.1, 0.15) is 11.1 Å². The van der Waals surface area contributed by atoms with Gasteiger partial charge in [-0.05, 0) is 42.0 Å². The molecule has 78 valence electrons. The topological polar surface area (TPSA) is 52.0 Å². The number of benzene rings is 1. The van der Waals surface area contributed by atoms with Gasteiger partial charge in [0.2, 0.25) is 0 Å². The van der Waals surface area contributed by atoms with Crippen molar-refractivity contribution in [2.24, 2.45) is 0 Å². The number of nitrogen functional groups attached to an aromatic ring is 1. The highest BCUT2D eigenvalue weighted by atomic mass is 127.